The largest absolute Gasteiger partial charge is 0.493 e. The van der Waals surface area contributed by atoms with Gasteiger partial charge in [-0.3, -0.25) is 4.99 Å². The molecule has 0 amide bonds. The number of rotatable bonds is 8. The highest BCUT2D eigenvalue weighted by Crippen LogP contribution is 2.27. The molecule has 0 aliphatic carbocycles. The second kappa shape index (κ2) is 11.5. The number of methoxy groups -OCH3 is 2. The van der Waals surface area contributed by atoms with Crippen molar-refractivity contribution in [1.29, 1.82) is 0 Å². The zero-order chi connectivity index (χ0) is 19.9. The lowest BCUT2D eigenvalue weighted by molar-refractivity contribution is 0.354. The average Bonchev–Trinajstić information content (AvgIpc) is 3.11. The van der Waals surface area contributed by atoms with Crippen LogP contribution in [0, 0.1) is 0 Å². The fourth-order valence-electron chi connectivity index (χ4n) is 2.48. The number of aromatic nitrogens is 1. The van der Waals surface area contributed by atoms with Crippen molar-refractivity contribution in [2.45, 2.75) is 39.0 Å². The van der Waals surface area contributed by atoms with Crippen LogP contribution in [0.25, 0.3) is 0 Å². The molecule has 0 aliphatic rings. The first-order valence-electron chi connectivity index (χ1n) is 9.03. The number of hydrogen-bond donors (Lipinski definition) is 2. The first-order valence-corrected chi connectivity index (χ1v) is 9.91. The first-order chi connectivity index (χ1) is 12.8. The third-order valence-corrected chi connectivity index (χ3v) is 5.33. The van der Waals surface area contributed by atoms with Crippen molar-refractivity contribution >= 4 is 41.3 Å². The van der Waals surface area contributed by atoms with E-state index in [9.17, 15) is 0 Å². The van der Waals surface area contributed by atoms with E-state index in [1.807, 2.05) is 18.2 Å². The van der Waals surface area contributed by atoms with Gasteiger partial charge in [0.2, 0.25) is 0 Å². The molecule has 2 aromatic rings. The number of hydrogen-bond acceptors (Lipinski definition) is 5. The number of guanidine groups is 1. The molecular formula is C20H31IN4O2S. The van der Waals surface area contributed by atoms with E-state index in [-0.39, 0.29) is 29.4 Å². The molecule has 0 fully saturated rings. The molecule has 8 heteroatoms. The van der Waals surface area contributed by atoms with Crippen molar-refractivity contribution in [2.24, 2.45) is 10.7 Å². The van der Waals surface area contributed by atoms with Crippen LogP contribution in [0.2, 0.25) is 0 Å². The third kappa shape index (κ3) is 7.46. The Morgan fingerprint density at radius 1 is 1.18 bits per heavy atom. The highest BCUT2D eigenvalue weighted by atomic mass is 127. The van der Waals surface area contributed by atoms with E-state index < -0.39 is 0 Å². The maximum atomic E-state index is 5.95. The molecular weight excluding hydrogens is 487 g/mol. The lowest BCUT2D eigenvalue weighted by Gasteiger charge is -2.13. The van der Waals surface area contributed by atoms with Gasteiger partial charge in [-0.1, -0.05) is 26.8 Å². The molecule has 1 heterocycles. The summed E-state index contributed by atoms with van der Waals surface area (Å²) in [6.45, 7) is 7.86. The lowest BCUT2D eigenvalue weighted by atomic mass is 9.98. The predicted octanol–water partition coefficient (Wildman–Crippen LogP) is 3.77. The number of nitrogens with two attached hydrogens (primary N) is 1. The van der Waals surface area contributed by atoms with Crippen molar-refractivity contribution in [3.05, 3.63) is 39.8 Å². The number of aliphatic imine (C=N–C) groups is 1. The second-order valence-corrected chi connectivity index (χ2v) is 8.14. The highest BCUT2D eigenvalue weighted by Gasteiger charge is 2.17. The van der Waals surface area contributed by atoms with Gasteiger partial charge in [-0.05, 0) is 24.1 Å². The molecule has 0 radical (unpaired) electrons. The molecule has 1 aromatic heterocycles. The smallest absolute Gasteiger partial charge is 0.188 e. The van der Waals surface area contributed by atoms with Crippen molar-refractivity contribution in [3.63, 3.8) is 0 Å². The van der Waals surface area contributed by atoms with E-state index >= 15 is 0 Å². The quantitative estimate of drug-likeness (QED) is 0.316. The molecule has 0 saturated heterocycles. The summed E-state index contributed by atoms with van der Waals surface area (Å²) >= 11 is 1.71. The zero-order valence-corrected chi connectivity index (χ0v) is 20.4. The molecule has 0 bridgehead atoms. The molecule has 0 aliphatic heterocycles. The van der Waals surface area contributed by atoms with E-state index in [0.717, 1.165) is 40.6 Å². The second-order valence-electron chi connectivity index (χ2n) is 7.28. The van der Waals surface area contributed by atoms with Crippen molar-refractivity contribution in [3.8, 4) is 11.5 Å². The summed E-state index contributed by atoms with van der Waals surface area (Å²) in [6, 6.07) is 5.90. The molecule has 0 spiro atoms. The van der Waals surface area contributed by atoms with Gasteiger partial charge in [-0.15, -0.1) is 35.3 Å². The standard InChI is InChI=1S/C20H30N4O2S.HI/c1-20(2,3)18-24-15(13-27-18)9-11-23-19(21)22-10-8-14-6-7-16(25-4)17(12-14)26-5;/h6-7,12-13H,8-11H2,1-5H3,(H3,21,22,23);1H. The Labute approximate surface area is 189 Å². The molecule has 0 atom stereocenters. The molecule has 0 unspecified atom stereocenters. The number of ether oxygens (including phenoxy) is 2. The van der Waals surface area contributed by atoms with Gasteiger partial charge in [0, 0.05) is 30.3 Å². The van der Waals surface area contributed by atoms with Crippen LogP contribution < -0.4 is 20.5 Å². The van der Waals surface area contributed by atoms with Crippen LogP contribution in [0.1, 0.15) is 37.0 Å². The minimum absolute atomic E-state index is 0. The van der Waals surface area contributed by atoms with Crippen LogP contribution in [0.5, 0.6) is 11.5 Å². The van der Waals surface area contributed by atoms with Gasteiger partial charge in [0.15, 0.2) is 17.5 Å². The lowest BCUT2D eigenvalue weighted by Crippen LogP contribution is -2.33. The van der Waals surface area contributed by atoms with Gasteiger partial charge in [-0.25, -0.2) is 4.98 Å². The molecule has 156 valence electrons. The summed E-state index contributed by atoms with van der Waals surface area (Å²) in [5.74, 6) is 1.92. The van der Waals surface area contributed by atoms with Crippen LogP contribution >= 0.6 is 35.3 Å². The number of benzene rings is 1. The number of thiazole rings is 1. The van der Waals surface area contributed by atoms with Gasteiger partial charge in [-0.2, -0.15) is 0 Å². The Morgan fingerprint density at radius 2 is 1.89 bits per heavy atom. The zero-order valence-electron chi connectivity index (χ0n) is 17.2. The molecule has 3 N–H and O–H groups in total. The van der Waals surface area contributed by atoms with Gasteiger partial charge in [0.1, 0.15) is 0 Å². The van der Waals surface area contributed by atoms with Crippen molar-refractivity contribution < 1.29 is 9.47 Å². The topological polar surface area (TPSA) is 81.8 Å². The van der Waals surface area contributed by atoms with Crippen LogP contribution in [0.4, 0.5) is 0 Å². The van der Waals surface area contributed by atoms with Gasteiger partial charge < -0.3 is 20.5 Å². The van der Waals surface area contributed by atoms with E-state index in [1.165, 1.54) is 0 Å². The Hall–Kier alpha value is -1.55. The maximum absolute atomic E-state index is 5.95. The summed E-state index contributed by atoms with van der Waals surface area (Å²) in [5.41, 5.74) is 8.27. The normalized spacial score (nSPS) is 11.7. The molecule has 6 nitrogen and oxygen atoms in total. The fourth-order valence-corrected chi connectivity index (χ4v) is 3.43. The predicted molar refractivity (Wildman–Crippen MR) is 128 cm³/mol. The van der Waals surface area contributed by atoms with Gasteiger partial charge in [0.25, 0.3) is 0 Å². The SMILES string of the molecule is COc1ccc(CCNC(N)=NCCc2csc(C(C)(C)C)n2)cc1OC.I. The van der Waals surface area contributed by atoms with Gasteiger partial charge in [0.05, 0.1) is 24.9 Å². The Kier molecular flexibility index (Phi) is 10.0. The van der Waals surface area contributed by atoms with Gasteiger partial charge >= 0.3 is 0 Å². The highest BCUT2D eigenvalue weighted by molar-refractivity contribution is 14.0. The summed E-state index contributed by atoms with van der Waals surface area (Å²) in [5, 5.41) is 6.41. The minimum atomic E-state index is 0. The Balaban J connectivity index is 0.00000392. The molecule has 0 saturated carbocycles. The third-order valence-electron chi connectivity index (χ3n) is 4.01. The molecule has 28 heavy (non-hydrogen) atoms. The van der Waals surface area contributed by atoms with E-state index in [1.54, 1.807) is 25.6 Å². The summed E-state index contributed by atoms with van der Waals surface area (Å²) in [7, 11) is 3.27. The van der Waals surface area contributed by atoms with Crippen LogP contribution in [0.3, 0.4) is 0 Å². The summed E-state index contributed by atoms with van der Waals surface area (Å²) < 4.78 is 10.6. The summed E-state index contributed by atoms with van der Waals surface area (Å²) in [6.07, 6.45) is 1.61. The van der Waals surface area contributed by atoms with Crippen LogP contribution in [-0.4, -0.2) is 38.3 Å². The van der Waals surface area contributed by atoms with E-state index in [2.05, 4.69) is 41.4 Å². The monoisotopic (exact) mass is 518 g/mol. The molecule has 2 rings (SSSR count). The van der Waals surface area contributed by atoms with E-state index in [4.69, 9.17) is 15.2 Å². The van der Waals surface area contributed by atoms with Crippen LogP contribution in [-0.2, 0) is 18.3 Å². The summed E-state index contributed by atoms with van der Waals surface area (Å²) in [4.78, 5) is 9.06. The Morgan fingerprint density at radius 3 is 2.50 bits per heavy atom. The number of nitrogens with zero attached hydrogens (tertiary/aromatic N) is 2. The van der Waals surface area contributed by atoms with E-state index in [0.29, 0.717) is 19.0 Å². The fraction of sp³-hybridized carbons (Fsp3) is 0.500. The van der Waals surface area contributed by atoms with Crippen LogP contribution in [0.15, 0.2) is 28.6 Å². The first kappa shape index (κ1) is 24.5. The maximum Gasteiger partial charge on any atom is 0.188 e. The Bertz CT molecular complexity index is 772. The number of nitrogens with one attached hydrogen (secondary N) is 1. The minimum Gasteiger partial charge on any atom is -0.493 e. The molecule has 1 aromatic carbocycles. The van der Waals surface area contributed by atoms with Crippen molar-refractivity contribution in [1.82, 2.24) is 10.3 Å². The average molecular weight is 518 g/mol. The van der Waals surface area contributed by atoms with Crippen molar-refractivity contribution in [2.75, 3.05) is 27.3 Å². The number of halogens is 1.